The third-order valence-electron chi connectivity index (χ3n) is 3.80. The normalized spacial score (nSPS) is 10.4. The van der Waals surface area contributed by atoms with Crippen molar-refractivity contribution in [2.45, 2.75) is 13.2 Å². The Labute approximate surface area is 156 Å². The number of thiazole rings is 1. The van der Waals surface area contributed by atoms with Crippen LogP contribution in [0.4, 0.5) is 0 Å². The molecule has 1 amide bonds. The van der Waals surface area contributed by atoms with Crippen molar-refractivity contribution >= 4 is 17.2 Å². The minimum Gasteiger partial charge on any atom is -0.493 e. The molecule has 0 saturated carbocycles. The van der Waals surface area contributed by atoms with E-state index in [1.165, 1.54) is 11.3 Å². The molecule has 0 atom stereocenters. The zero-order valence-electron chi connectivity index (χ0n) is 14.7. The van der Waals surface area contributed by atoms with Gasteiger partial charge in [0.1, 0.15) is 17.3 Å². The van der Waals surface area contributed by atoms with Gasteiger partial charge in [-0.05, 0) is 17.7 Å². The molecule has 5 nitrogen and oxygen atoms in total. The van der Waals surface area contributed by atoms with E-state index in [-0.39, 0.29) is 5.91 Å². The monoisotopic (exact) mass is 368 g/mol. The number of carbonyl (C=O) groups is 1. The van der Waals surface area contributed by atoms with Crippen molar-refractivity contribution in [2.24, 2.45) is 0 Å². The lowest BCUT2D eigenvalue weighted by Gasteiger charge is -2.15. The van der Waals surface area contributed by atoms with Crippen LogP contribution in [0.5, 0.6) is 11.5 Å². The molecule has 134 valence electrons. The van der Waals surface area contributed by atoms with Gasteiger partial charge in [-0.25, -0.2) is 4.98 Å². The van der Waals surface area contributed by atoms with E-state index in [4.69, 9.17) is 9.47 Å². The van der Waals surface area contributed by atoms with Crippen molar-refractivity contribution in [1.29, 1.82) is 0 Å². The largest absolute Gasteiger partial charge is 0.493 e. The van der Waals surface area contributed by atoms with Crippen LogP contribution >= 0.6 is 11.3 Å². The lowest BCUT2D eigenvalue weighted by molar-refractivity contribution is 0.0779. The topological polar surface area (TPSA) is 51.7 Å². The van der Waals surface area contributed by atoms with Crippen LogP contribution in [0.1, 0.15) is 21.1 Å². The minimum absolute atomic E-state index is 0.103. The Morgan fingerprint density at radius 2 is 1.77 bits per heavy atom. The van der Waals surface area contributed by atoms with Crippen molar-refractivity contribution in [3.8, 4) is 11.5 Å². The molecule has 0 bridgehead atoms. The van der Waals surface area contributed by atoms with Crippen molar-refractivity contribution in [2.75, 3.05) is 14.2 Å². The smallest absolute Gasteiger partial charge is 0.273 e. The van der Waals surface area contributed by atoms with Gasteiger partial charge in [-0.1, -0.05) is 42.5 Å². The first kappa shape index (κ1) is 17.9. The van der Waals surface area contributed by atoms with E-state index in [2.05, 4.69) is 4.98 Å². The second-order valence-corrected chi connectivity index (χ2v) is 6.66. The van der Waals surface area contributed by atoms with Crippen LogP contribution in [0.15, 0.2) is 60.0 Å². The molecule has 0 fully saturated rings. The summed E-state index contributed by atoms with van der Waals surface area (Å²) in [6.07, 6.45) is 0. The Morgan fingerprint density at radius 1 is 1.08 bits per heavy atom. The summed E-state index contributed by atoms with van der Waals surface area (Å²) in [5, 5.41) is 2.51. The van der Waals surface area contributed by atoms with Gasteiger partial charge in [0.2, 0.25) is 0 Å². The third-order valence-corrected chi connectivity index (χ3v) is 4.62. The molecule has 0 aliphatic carbocycles. The summed E-state index contributed by atoms with van der Waals surface area (Å²) < 4.78 is 11.0. The number of amides is 1. The van der Waals surface area contributed by atoms with Crippen molar-refractivity contribution in [1.82, 2.24) is 9.88 Å². The summed E-state index contributed by atoms with van der Waals surface area (Å²) in [5.74, 6) is 1.22. The fourth-order valence-corrected chi connectivity index (χ4v) is 3.16. The summed E-state index contributed by atoms with van der Waals surface area (Å²) in [5.41, 5.74) is 1.52. The summed E-state index contributed by atoms with van der Waals surface area (Å²) >= 11 is 1.41. The Morgan fingerprint density at radius 3 is 2.50 bits per heavy atom. The number of para-hydroxylation sites is 2. The molecule has 0 saturated heterocycles. The number of ether oxygens (including phenoxy) is 2. The molecule has 1 heterocycles. The van der Waals surface area contributed by atoms with E-state index < -0.39 is 0 Å². The first-order valence-electron chi connectivity index (χ1n) is 8.17. The van der Waals surface area contributed by atoms with Crippen molar-refractivity contribution in [3.63, 3.8) is 0 Å². The zero-order valence-corrected chi connectivity index (χ0v) is 15.5. The summed E-state index contributed by atoms with van der Waals surface area (Å²) in [6.45, 7) is 0.838. The second kappa shape index (κ2) is 8.49. The predicted octanol–water partition coefficient (Wildman–Crippen LogP) is 4.00. The predicted molar refractivity (Wildman–Crippen MR) is 102 cm³/mol. The Bertz CT molecular complexity index is 864. The number of hydrogen-bond acceptors (Lipinski definition) is 5. The summed E-state index contributed by atoms with van der Waals surface area (Å²) in [6, 6.07) is 17.3. The van der Waals surface area contributed by atoms with Crippen LogP contribution in [0.3, 0.4) is 0 Å². The van der Waals surface area contributed by atoms with Crippen LogP contribution in [0, 0.1) is 0 Å². The van der Waals surface area contributed by atoms with Gasteiger partial charge in [0.25, 0.3) is 5.91 Å². The van der Waals surface area contributed by atoms with Gasteiger partial charge in [0, 0.05) is 19.0 Å². The van der Waals surface area contributed by atoms with Crippen LogP contribution in [-0.2, 0) is 13.2 Å². The van der Waals surface area contributed by atoms with E-state index in [0.717, 1.165) is 10.6 Å². The second-order valence-electron chi connectivity index (χ2n) is 5.71. The van der Waals surface area contributed by atoms with Crippen molar-refractivity contribution in [3.05, 3.63) is 76.2 Å². The van der Waals surface area contributed by atoms with Gasteiger partial charge in [0.15, 0.2) is 11.5 Å². The maximum Gasteiger partial charge on any atom is 0.273 e. The van der Waals surface area contributed by atoms with Gasteiger partial charge in [-0.15, -0.1) is 11.3 Å². The molecule has 0 radical (unpaired) electrons. The summed E-state index contributed by atoms with van der Waals surface area (Å²) in [7, 11) is 3.38. The van der Waals surface area contributed by atoms with Gasteiger partial charge < -0.3 is 14.4 Å². The number of nitrogens with zero attached hydrogens (tertiary/aromatic N) is 2. The molecule has 3 aromatic rings. The number of methoxy groups -OCH3 is 1. The number of aromatic nitrogens is 1. The average Bonchev–Trinajstić information content (AvgIpc) is 3.15. The van der Waals surface area contributed by atoms with Crippen LogP contribution in [0.2, 0.25) is 0 Å². The highest BCUT2D eigenvalue weighted by atomic mass is 32.1. The minimum atomic E-state index is -0.103. The molecule has 0 spiro atoms. The van der Waals surface area contributed by atoms with Crippen LogP contribution in [0.25, 0.3) is 0 Å². The summed E-state index contributed by atoms with van der Waals surface area (Å²) in [4.78, 5) is 18.6. The molecular formula is C20H20N2O3S. The lowest BCUT2D eigenvalue weighted by atomic mass is 10.2. The highest BCUT2D eigenvalue weighted by molar-refractivity contribution is 7.09. The molecular weight excluding hydrogens is 348 g/mol. The van der Waals surface area contributed by atoms with E-state index in [1.54, 1.807) is 24.4 Å². The lowest BCUT2D eigenvalue weighted by Crippen LogP contribution is -2.26. The van der Waals surface area contributed by atoms with Gasteiger partial charge in [-0.3, -0.25) is 4.79 Å². The number of carbonyl (C=O) groups excluding carboxylic acids is 1. The molecule has 3 rings (SSSR count). The molecule has 26 heavy (non-hydrogen) atoms. The quantitative estimate of drug-likeness (QED) is 0.632. The van der Waals surface area contributed by atoms with Gasteiger partial charge in [-0.2, -0.15) is 0 Å². The van der Waals surface area contributed by atoms with E-state index in [0.29, 0.717) is 30.3 Å². The fourth-order valence-electron chi connectivity index (χ4n) is 2.48. The van der Waals surface area contributed by atoms with Gasteiger partial charge in [0.05, 0.1) is 7.11 Å². The first-order valence-corrected chi connectivity index (χ1v) is 9.05. The highest BCUT2D eigenvalue weighted by Gasteiger charge is 2.16. The number of hydrogen-bond donors (Lipinski definition) is 0. The molecule has 2 aromatic carbocycles. The Kier molecular flexibility index (Phi) is 5.86. The highest BCUT2D eigenvalue weighted by Crippen LogP contribution is 2.27. The Hall–Kier alpha value is -2.86. The van der Waals surface area contributed by atoms with E-state index in [9.17, 15) is 4.79 Å². The molecule has 1 aromatic heterocycles. The zero-order chi connectivity index (χ0) is 18.4. The molecule has 0 aliphatic heterocycles. The SMILES string of the molecule is COc1ccccc1OCc1nc(C(=O)N(C)Cc2ccccc2)cs1. The Balaban J connectivity index is 1.61. The van der Waals surface area contributed by atoms with E-state index >= 15 is 0 Å². The number of rotatable bonds is 7. The van der Waals surface area contributed by atoms with Crippen LogP contribution < -0.4 is 9.47 Å². The fraction of sp³-hybridized carbons (Fsp3) is 0.200. The molecule has 0 aliphatic rings. The molecule has 6 heteroatoms. The standard InChI is InChI=1S/C20H20N2O3S/c1-22(12-15-8-4-3-5-9-15)20(23)16-14-26-19(21-16)13-25-18-11-7-6-10-17(18)24-2/h3-11,14H,12-13H2,1-2H3. The average molecular weight is 368 g/mol. The molecule has 0 N–H and O–H groups in total. The maximum absolute atomic E-state index is 12.5. The molecule has 0 unspecified atom stereocenters. The maximum atomic E-state index is 12.5. The van der Waals surface area contributed by atoms with E-state index in [1.807, 2.05) is 54.6 Å². The first-order chi connectivity index (χ1) is 12.7. The third kappa shape index (κ3) is 4.40. The van der Waals surface area contributed by atoms with Crippen LogP contribution in [-0.4, -0.2) is 29.9 Å². The van der Waals surface area contributed by atoms with Crippen molar-refractivity contribution < 1.29 is 14.3 Å². The number of benzene rings is 2. The van der Waals surface area contributed by atoms with Gasteiger partial charge >= 0.3 is 0 Å².